The summed E-state index contributed by atoms with van der Waals surface area (Å²) in [4.78, 5) is 14.7. The van der Waals surface area contributed by atoms with Crippen LogP contribution in [0.15, 0.2) is 12.5 Å². The summed E-state index contributed by atoms with van der Waals surface area (Å²) in [5, 5.41) is 8.81. The van der Waals surface area contributed by atoms with Crippen molar-refractivity contribution in [1.29, 1.82) is 0 Å². The second-order valence-corrected chi connectivity index (χ2v) is 3.39. The third-order valence-corrected chi connectivity index (χ3v) is 2.06. The summed E-state index contributed by atoms with van der Waals surface area (Å²) in [6.45, 7) is 5.68. The molecule has 0 saturated carbocycles. The highest BCUT2D eigenvalue weighted by Crippen LogP contribution is 2.17. The molecule has 0 fully saturated rings. The first-order chi connectivity index (χ1) is 6.04. The summed E-state index contributed by atoms with van der Waals surface area (Å²) in [5.41, 5.74) is 0.954. The van der Waals surface area contributed by atoms with Crippen LogP contribution < -0.4 is 0 Å². The molecule has 0 aliphatic carbocycles. The molecule has 13 heavy (non-hydrogen) atoms. The smallest absolute Gasteiger partial charge is 0.326 e. The lowest BCUT2D eigenvalue weighted by Gasteiger charge is -2.14. The van der Waals surface area contributed by atoms with Crippen molar-refractivity contribution in [3.63, 3.8) is 0 Å². The van der Waals surface area contributed by atoms with Crippen LogP contribution in [-0.4, -0.2) is 20.6 Å². The molecule has 0 aliphatic heterocycles. The highest BCUT2D eigenvalue weighted by Gasteiger charge is 2.17. The van der Waals surface area contributed by atoms with Crippen LogP contribution in [-0.2, 0) is 4.79 Å². The number of nitrogens with zero attached hydrogens (tertiary/aromatic N) is 2. The molecule has 1 aromatic heterocycles. The van der Waals surface area contributed by atoms with E-state index < -0.39 is 12.0 Å². The second kappa shape index (κ2) is 3.60. The van der Waals surface area contributed by atoms with Crippen molar-refractivity contribution in [2.24, 2.45) is 0 Å². The summed E-state index contributed by atoms with van der Waals surface area (Å²) >= 11 is 0. The summed E-state index contributed by atoms with van der Waals surface area (Å²) in [5.74, 6) is -0.538. The Morgan fingerprint density at radius 3 is 2.62 bits per heavy atom. The Morgan fingerprint density at radius 2 is 2.15 bits per heavy atom. The van der Waals surface area contributed by atoms with E-state index in [4.69, 9.17) is 5.11 Å². The minimum atomic E-state index is -0.833. The first kappa shape index (κ1) is 9.77. The van der Waals surface area contributed by atoms with Gasteiger partial charge in [0.2, 0.25) is 0 Å². The fraction of sp³-hybridized carbons (Fsp3) is 0.556. The highest BCUT2D eigenvalue weighted by atomic mass is 16.4. The van der Waals surface area contributed by atoms with Gasteiger partial charge in [-0.1, -0.05) is 13.8 Å². The minimum absolute atomic E-state index is 0.296. The van der Waals surface area contributed by atoms with Crippen LogP contribution in [0.25, 0.3) is 0 Å². The molecule has 0 amide bonds. The molecule has 0 spiro atoms. The molecule has 0 saturated heterocycles. The van der Waals surface area contributed by atoms with Gasteiger partial charge in [0, 0.05) is 11.9 Å². The van der Waals surface area contributed by atoms with Crippen LogP contribution in [0.5, 0.6) is 0 Å². The molecule has 1 rings (SSSR count). The van der Waals surface area contributed by atoms with Crippen molar-refractivity contribution in [2.75, 3.05) is 0 Å². The van der Waals surface area contributed by atoms with E-state index in [0.29, 0.717) is 5.92 Å². The van der Waals surface area contributed by atoms with Gasteiger partial charge >= 0.3 is 5.97 Å². The van der Waals surface area contributed by atoms with Gasteiger partial charge in [-0.2, -0.15) is 0 Å². The van der Waals surface area contributed by atoms with Gasteiger partial charge in [-0.15, -0.1) is 0 Å². The van der Waals surface area contributed by atoms with Crippen LogP contribution in [0.1, 0.15) is 38.4 Å². The Balaban J connectivity index is 3.00. The Hall–Kier alpha value is -1.32. The quantitative estimate of drug-likeness (QED) is 0.773. The van der Waals surface area contributed by atoms with E-state index in [1.807, 2.05) is 13.8 Å². The number of hydrogen-bond acceptors (Lipinski definition) is 2. The number of carboxylic acid groups (broad SMARTS) is 1. The van der Waals surface area contributed by atoms with Crippen molar-refractivity contribution in [3.8, 4) is 0 Å². The van der Waals surface area contributed by atoms with Crippen LogP contribution >= 0.6 is 0 Å². The molecule has 1 unspecified atom stereocenters. The van der Waals surface area contributed by atoms with Gasteiger partial charge in [-0.05, 0) is 12.8 Å². The van der Waals surface area contributed by atoms with Crippen molar-refractivity contribution in [1.82, 2.24) is 9.55 Å². The molecule has 0 radical (unpaired) electrons. The molecule has 72 valence electrons. The third-order valence-electron chi connectivity index (χ3n) is 2.06. The normalized spacial score (nSPS) is 13.2. The largest absolute Gasteiger partial charge is 0.480 e. The predicted octanol–water partition coefficient (Wildman–Crippen LogP) is 1.65. The van der Waals surface area contributed by atoms with Crippen LogP contribution in [0.3, 0.4) is 0 Å². The second-order valence-electron chi connectivity index (χ2n) is 3.39. The van der Waals surface area contributed by atoms with E-state index in [9.17, 15) is 4.79 Å². The van der Waals surface area contributed by atoms with Gasteiger partial charge in [0.25, 0.3) is 0 Å². The maximum absolute atomic E-state index is 10.7. The maximum atomic E-state index is 10.7. The Bertz CT molecular complexity index is 304. The maximum Gasteiger partial charge on any atom is 0.326 e. The number of carbonyl (C=O) groups is 1. The summed E-state index contributed by atoms with van der Waals surface area (Å²) in [6.07, 6.45) is 3.28. The molecule has 1 heterocycles. The first-order valence-electron chi connectivity index (χ1n) is 4.28. The van der Waals surface area contributed by atoms with E-state index in [0.717, 1.165) is 5.69 Å². The minimum Gasteiger partial charge on any atom is -0.480 e. The number of aromatic nitrogens is 2. The standard InChI is InChI=1S/C9H14N2O2/c1-6(2)8-4-10-5-11(8)7(3)9(12)13/h4-7H,1-3H3,(H,12,13). The van der Waals surface area contributed by atoms with E-state index >= 15 is 0 Å². The van der Waals surface area contributed by atoms with E-state index in [1.165, 1.54) is 0 Å². The average Bonchev–Trinajstić information content (AvgIpc) is 2.50. The van der Waals surface area contributed by atoms with Crippen molar-refractivity contribution in [3.05, 3.63) is 18.2 Å². The Morgan fingerprint density at radius 1 is 1.54 bits per heavy atom. The van der Waals surface area contributed by atoms with Crippen LogP contribution in [0.4, 0.5) is 0 Å². The predicted molar refractivity (Wildman–Crippen MR) is 48.7 cm³/mol. The van der Waals surface area contributed by atoms with Crippen LogP contribution in [0.2, 0.25) is 0 Å². The zero-order chi connectivity index (χ0) is 10.0. The molecular weight excluding hydrogens is 168 g/mol. The lowest BCUT2D eigenvalue weighted by Crippen LogP contribution is -2.17. The van der Waals surface area contributed by atoms with Gasteiger partial charge in [-0.25, -0.2) is 9.78 Å². The molecule has 0 aliphatic rings. The number of rotatable bonds is 3. The van der Waals surface area contributed by atoms with Crippen molar-refractivity contribution in [2.45, 2.75) is 32.7 Å². The summed E-state index contributed by atoms with van der Waals surface area (Å²) in [6, 6.07) is -0.542. The fourth-order valence-corrected chi connectivity index (χ4v) is 1.20. The molecule has 1 aromatic rings. The van der Waals surface area contributed by atoms with Gasteiger partial charge in [0.1, 0.15) is 6.04 Å². The number of aliphatic carboxylic acids is 1. The lowest BCUT2D eigenvalue weighted by molar-refractivity contribution is -0.140. The number of carboxylic acids is 1. The first-order valence-corrected chi connectivity index (χ1v) is 4.28. The zero-order valence-corrected chi connectivity index (χ0v) is 8.06. The van der Waals surface area contributed by atoms with Crippen LogP contribution in [0, 0.1) is 0 Å². The zero-order valence-electron chi connectivity index (χ0n) is 8.06. The fourth-order valence-electron chi connectivity index (χ4n) is 1.20. The Labute approximate surface area is 77.2 Å². The van der Waals surface area contributed by atoms with E-state index in [-0.39, 0.29) is 0 Å². The molecule has 4 nitrogen and oxygen atoms in total. The van der Waals surface area contributed by atoms with E-state index in [2.05, 4.69) is 4.98 Å². The van der Waals surface area contributed by atoms with Crippen molar-refractivity contribution >= 4 is 5.97 Å². The molecule has 0 bridgehead atoms. The monoisotopic (exact) mass is 182 g/mol. The molecule has 1 atom stereocenters. The highest BCUT2D eigenvalue weighted by molar-refractivity contribution is 5.71. The lowest BCUT2D eigenvalue weighted by atomic mass is 10.1. The summed E-state index contributed by atoms with van der Waals surface area (Å²) < 4.78 is 1.69. The topological polar surface area (TPSA) is 55.1 Å². The molecule has 1 N–H and O–H groups in total. The number of imidazole rings is 1. The molecular formula is C9H14N2O2. The summed E-state index contributed by atoms with van der Waals surface area (Å²) in [7, 11) is 0. The van der Waals surface area contributed by atoms with Gasteiger partial charge < -0.3 is 9.67 Å². The van der Waals surface area contributed by atoms with E-state index in [1.54, 1.807) is 24.0 Å². The van der Waals surface area contributed by atoms with Gasteiger partial charge in [0.15, 0.2) is 0 Å². The van der Waals surface area contributed by atoms with Gasteiger partial charge in [0.05, 0.1) is 6.33 Å². The van der Waals surface area contributed by atoms with Crippen molar-refractivity contribution < 1.29 is 9.90 Å². The Kier molecular flexibility index (Phi) is 2.70. The average molecular weight is 182 g/mol. The molecule has 4 heteroatoms. The third kappa shape index (κ3) is 1.88. The SMILES string of the molecule is CC(C)c1cncn1C(C)C(=O)O. The molecule has 0 aromatic carbocycles. The van der Waals surface area contributed by atoms with Gasteiger partial charge in [-0.3, -0.25) is 0 Å². The number of hydrogen-bond donors (Lipinski definition) is 1.